The zero-order chi connectivity index (χ0) is 14.9. The summed E-state index contributed by atoms with van der Waals surface area (Å²) >= 11 is 5.97. The molecule has 0 bridgehead atoms. The van der Waals surface area contributed by atoms with E-state index in [1.807, 2.05) is 0 Å². The third kappa shape index (κ3) is 2.98. The molecule has 7 heteroatoms. The van der Waals surface area contributed by atoms with Gasteiger partial charge in [-0.25, -0.2) is 13.1 Å². The van der Waals surface area contributed by atoms with E-state index in [0.717, 1.165) is 0 Å². The molecule has 0 spiro atoms. The van der Waals surface area contributed by atoms with E-state index in [0.29, 0.717) is 22.0 Å². The van der Waals surface area contributed by atoms with Gasteiger partial charge in [0.2, 0.25) is 10.0 Å². The molecule has 1 aromatic carbocycles. The summed E-state index contributed by atoms with van der Waals surface area (Å²) in [5, 5.41) is 0.316. The van der Waals surface area contributed by atoms with E-state index in [4.69, 9.17) is 21.8 Å². The normalized spacial score (nSPS) is 13.3. The van der Waals surface area contributed by atoms with E-state index in [9.17, 15) is 8.42 Å². The van der Waals surface area contributed by atoms with E-state index in [1.54, 1.807) is 26.0 Å². The number of hydrogen-bond acceptors (Lipinski definition) is 4. The van der Waals surface area contributed by atoms with Gasteiger partial charge >= 0.3 is 0 Å². The van der Waals surface area contributed by atoms with Crippen LogP contribution in [0.25, 0.3) is 0 Å². The number of nitrogen functional groups attached to an aromatic ring is 1. The van der Waals surface area contributed by atoms with Gasteiger partial charge in [0.25, 0.3) is 0 Å². The molecule has 108 valence electrons. The maximum atomic E-state index is 12.3. The fourth-order valence-electron chi connectivity index (χ4n) is 1.73. The van der Waals surface area contributed by atoms with Crippen molar-refractivity contribution in [1.29, 1.82) is 0 Å². The van der Waals surface area contributed by atoms with Crippen LogP contribution in [-0.4, -0.2) is 8.42 Å². The first-order chi connectivity index (χ1) is 9.31. The summed E-state index contributed by atoms with van der Waals surface area (Å²) in [5.74, 6) is 0.528. The van der Waals surface area contributed by atoms with Gasteiger partial charge in [-0.2, -0.15) is 0 Å². The predicted molar refractivity (Wildman–Crippen MR) is 78.0 cm³/mol. The molecule has 1 aromatic heterocycles. The molecule has 0 radical (unpaired) electrons. The van der Waals surface area contributed by atoms with Crippen LogP contribution in [0, 0.1) is 6.92 Å². The van der Waals surface area contributed by atoms with Crippen molar-refractivity contribution in [3.05, 3.63) is 46.9 Å². The standard InChI is InChI=1S/C13H15ClN2O3S/c1-8-11(14)6-10(7-12(8)15)20(17,18)16-9(2)13-4-3-5-19-13/h3-7,9,16H,15H2,1-2H3. The molecule has 0 fully saturated rings. The monoisotopic (exact) mass is 314 g/mol. The molecule has 0 saturated carbocycles. The predicted octanol–water partition coefficient (Wildman–Crippen LogP) is 2.86. The Balaban J connectivity index is 2.31. The largest absolute Gasteiger partial charge is 0.468 e. The summed E-state index contributed by atoms with van der Waals surface area (Å²) in [5.41, 5.74) is 6.74. The second-order valence-corrected chi connectivity index (χ2v) is 6.60. The Morgan fingerprint density at radius 1 is 1.40 bits per heavy atom. The highest BCUT2D eigenvalue weighted by atomic mass is 35.5. The molecule has 0 aliphatic carbocycles. The summed E-state index contributed by atoms with van der Waals surface area (Å²) in [6, 6.07) is 5.67. The third-order valence-electron chi connectivity index (χ3n) is 2.97. The molecule has 0 aliphatic heterocycles. The van der Waals surface area contributed by atoms with Crippen molar-refractivity contribution < 1.29 is 12.8 Å². The Kier molecular flexibility index (Phi) is 4.08. The summed E-state index contributed by atoms with van der Waals surface area (Å²) in [4.78, 5) is 0.0315. The average Bonchev–Trinajstić information content (AvgIpc) is 2.88. The van der Waals surface area contributed by atoms with Gasteiger partial charge in [-0.05, 0) is 43.7 Å². The summed E-state index contributed by atoms with van der Waals surface area (Å²) in [6.07, 6.45) is 1.49. The van der Waals surface area contributed by atoms with Crippen molar-refractivity contribution in [2.24, 2.45) is 0 Å². The van der Waals surface area contributed by atoms with Crippen LogP contribution in [0.4, 0.5) is 5.69 Å². The number of benzene rings is 1. The number of halogens is 1. The fourth-order valence-corrected chi connectivity index (χ4v) is 3.29. The molecule has 2 aromatic rings. The maximum absolute atomic E-state index is 12.3. The molecule has 0 amide bonds. The minimum absolute atomic E-state index is 0.0315. The number of sulfonamides is 1. The Bertz CT molecular complexity index is 688. The number of furan rings is 1. The Hall–Kier alpha value is -1.50. The van der Waals surface area contributed by atoms with Gasteiger partial charge in [0.1, 0.15) is 5.76 Å². The van der Waals surface area contributed by atoms with E-state index in [1.165, 1.54) is 18.4 Å². The lowest BCUT2D eigenvalue weighted by Crippen LogP contribution is -2.26. The SMILES string of the molecule is Cc1c(N)cc(S(=O)(=O)NC(C)c2ccco2)cc1Cl. The first kappa shape index (κ1) is 14.9. The molecular weight excluding hydrogens is 300 g/mol. The molecular formula is C13H15ClN2O3S. The van der Waals surface area contributed by atoms with Crippen LogP contribution < -0.4 is 10.5 Å². The minimum Gasteiger partial charge on any atom is -0.468 e. The van der Waals surface area contributed by atoms with Crippen molar-refractivity contribution in [1.82, 2.24) is 4.72 Å². The van der Waals surface area contributed by atoms with E-state index < -0.39 is 16.1 Å². The van der Waals surface area contributed by atoms with Crippen molar-refractivity contribution in [3.63, 3.8) is 0 Å². The molecule has 5 nitrogen and oxygen atoms in total. The van der Waals surface area contributed by atoms with Gasteiger partial charge in [0.05, 0.1) is 17.2 Å². The van der Waals surface area contributed by atoms with Crippen molar-refractivity contribution >= 4 is 27.3 Å². The topological polar surface area (TPSA) is 85.3 Å². The van der Waals surface area contributed by atoms with Crippen LogP contribution in [-0.2, 0) is 10.0 Å². The lowest BCUT2D eigenvalue weighted by molar-refractivity contribution is 0.459. The molecule has 1 atom stereocenters. The Labute approximate surface area is 122 Å². The third-order valence-corrected chi connectivity index (χ3v) is 4.88. The molecule has 1 unspecified atom stereocenters. The first-order valence-electron chi connectivity index (χ1n) is 5.92. The molecule has 0 aliphatic rings. The number of anilines is 1. The van der Waals surface area contributed by atoms with Crippen LogP contribution in [0.1, 0.15) is 24.3 Å². The van der Waals surface area contributed by atoms with E-state index >= 15 is 0 Å². The van der Waals surface area contributed by atoms with Gasteiger partial charge < -0.3 is 10.2 Å². The lowest BCUT2D eigenvalue weighted by Gasteiger charge is -2.13. The van der Waals surface area contributed by atoms with Crippen LogP contribution in [0.2, 0.25) is 5.02 Å². The second-order valence-electron chi connectivity index (χ2n) is 4.48. The van der Waals surface area contributed by atoms with Crippen molar-refractivity contribution in [2.45, 2.75) is 24.8 Å². The minimum atomic E-state index is -3.72. The quantitative estimate of drug-likeness (QED) is 0.850. The highest BCUT2D eigenvalue weighted by Gasteiger charge is 2.21. The summed E-state index contributed by atoms with van der Waals surface area (Å²) in [7, 11) is -3.72. The van der Waals surface area contributed by atoms with Crippen LogP contribution in [0.15, 0.2) is 39.8 Å². The molecule has 1 heterocycles. The molecule has 3 N–H and O–H groups in total. The van der Waals surface area contributed by atoms with Gasteiger partial charge in [-0.3, -0.25) is 0 Å². The summed E-state index contributed by atoms with van der Waals surface area (Å²) in [6.45, 7) is 3.42. The average molecular weight is 315 g/mol. The van der Waals surface area contributed by atoms with Crippen LogP contribution >= 0.6 is 11.6 Å². The fraction of sp³-hybridized carbons (Fsp3) is 0.231. The van der Waals surface area contributed by atoms with Gasteiger partial charge in [0.15, 0.2) is 0 Å². The highest BCUT2D eigenvalue weighted by molar-refractivity contribution is 7.89. The first-order valence-corrected chi connectivity index (χ1v) is 7.78. The zero-order valence-corrected chi connectivity index (χ0v) is 12.6. The summed E-state index contributed by atoms with van der Waals surface area (Å²) < 4.78 is 32.3. The van der Waals surface area contributed by atoms with Gasteiger partial charge in [-0.15, -0.1) is 0 Å². The maximum Gasteiger partial charge on any atom is 0.241 e. The number of rotatable bonds is 4. The molecule has 2 rings (SSSR count). The highest BCUT2D eigenvalue weighted by Crippen LogP contribution is 2.26. The number of nitrogens with two attached hydrogens (primary N) is 1. The van der Waals surface area contributed by atoms with Gasteiger partial charge in [-0.1, -0.05) is 11.6 Å². The van der Waals surface area contributed by atoms with Crippen molar-refractivity contribution in [2.75, 3.05) is 5.73 Å². The Morgan fingerprint density at radius 3 is 2.65 bits per heavy atom. The number of nitrogens with one attached hydrogen (secondary N) is 1. The zero-order valence-electron chi connectivity index (χ0n) is 11.1. The van der Waals surface area contributed by atoms with E-state index in [2.05, 4.69) is 4.72 Å². The van der Waals surface area contributed by atoms with Crippen molar-refractivity contribution in [3.8, 4) is 0 Å². The second kappa shape index (κ2) is 5.47. The van der Waals surface area contributed by atoms with Gasteiger partial charge in [0, 0.05) is 10.7 Å². The number of hydrogen-bond donors (Lipinski definition) is 2. The van der Waals surface area contributed by atoms with Crippen LogP contribution in [0.5, 0.6) is 0 Å². The molecule has 20 heavy (non-hydrogen) atoms. The lowest BCUT2D eigenvalue weighted by atomic mass is 10.2. The van der Waals surface area contributed by atoms with Crippen LogP contribution in [0.3, 0.4) is 0 Å². The molecule has 0 saturated heterocycles. The van der Waals surface area contributed by atoms with E-state index in [-0.39, 0.29) is 4.90 Å². The smallest absolute Gasteiger partial charge is 0.241 e. The Morgan fingerprint density at radius 2 is 2.10 bits per heavy atom.